The summed E-state index contributed by atoms with van der Waals surface area (Å²) < 4.78 is 11.0. The molecule has 17 heavy (non-hydrogen) atoms. The van der Waals surface area contributed by atoms with E-state index in [4.69, 9.17) is 21.1 Å². The van der Waals surface area contributed by atoms with Crippen LogP contribution in [0.15, 0.2) is 18.2 Å². The molecule has 0 bridgehead atoms. The van der Waals surface area contributed by atoms with Crippen LogP contribution in [0.4, 0.5) is 0 Å². The summed E-state index contributed by atoms with van der Waals surface area (Å²) in [6.45, 7) is 5.11. The van der Waals surface area contributed by atoms with Crippen molar-refractivity contribution < 1.29 is 9.47 Å². The number of alkyl halides is 1. The number of hydrogen-bond donors (Lipinski definition) is 0. The van der Waals surface area contributed by atoms with Crippen molar-refractivity contribution in [3.05, 3.63) is 23.8 Å². The summed E-state index contributed by atoms with van der Waals surface area (Å²) in [5.74, 6) is 2.66. The molecule has 0 fully saturated rings. The van der Waals surface area contributed by atoms with Gasteiger partial charge in [-0.05, 0) is 18.4 Å². The molecule has 1 aromatic rings. The number of hydrogen-bond acceptors (Lipinski definition) is 2. The molecule has 0 saturated carbocycles. The third-order valence-corrected chi connectivity index (χ3v) is 3.01. The summed E-state index contributed by atoms with van der Waals surface area (Å²) in [7, 11) is 1.65. The predicted octanol–water partition coefficient (Wildman–Crippen LogP) is 4.25. The molecule has 1 unspecified atom stereocenters. The number of rotatable bonds is 7. The molecule has 96 valence electrons. The van der Waals surface area contributed by atoms with Crippen molar-refractivity contribution in [1.82, 2.24) is 0 Å². The summed E-state index contributed by atoms with van der Waals surface area (Å²) >= 11 is 5.88. The minimum atomic E-state index is 0.460. The van der Waals surface area contributed by atoms with Gasteiger partial charge in [0.1, 0.15) is 11.5 Å². The van der Waals surface area contributed by atoms with Crippen LogP contribution in [0.2, 0.25) is 0 Å². The maximum Gasteiger partial charge on any atom is 0.127 e. The van der Waals surface area contributed by atoms with Crippen LogP contribution in [-0.2, 0) is 5.88 Å². The molecule has 1 atom stereocenters. The summed E-state index contributed by atoms with van der Waals surface area (Å²) in [6, 6.07) is 5.75. The Labute approximate surface area is 109 Å². The Morgan fingerprint density at radius 1 is 1.35 bits per heavy atom. The second-order valence-corrected chi connectivity index (χ2v) is 4.58. The minimum absolute atomic E-state index is 0.460. The highest BCUT2D eigenvalue weighted by atomic mass is 35.5. The lowest BCUT2D eigenvalue weighted by Crippen LogP contribution is -2.09. The van der Waals surface area contributed by atoms with Crippen LogP contribution < -0.4 is 9.47 Å². The molecule has 0 amide bonds. The SMILES string of the molecule is CCCC(C)COc1cc(OC)ccc1CCl. The summed E-state index contributed by atoms with van der Waals surface area (Å²) in [4.78, 5) is 0. The molecule has 3 heteroatoms. The van der Waals surface area contributed by atoms with E-state index in [-0.39, 0.29) is 0 Å². The molecule has 0 aliphatic rings. The second-order valence-electron chi connectivity index (χ2n) is 4.31. The quantitative estimate of drug-likeness (QED) is 0.679. The zero-order valence-electron chi connectivity index (χ0n) is 10.8. The van der Waals surface area contributed by atoms with Crippen molar-refractivity contribution in [2.75, 3.05) is 13.7 Å². The van der Waals surface area contributed by atoms with Crippen molar-refractivity contribution in [2.24, 2.45) is 5.92 Å². The van der Waals surface area contributed by atoms with Crippen LogP contribution in [-0.4, -0.2) is 13.7 Å². The molecular formula is C14H21ClO2. The number of methoxy groups -OCH3 is 1. The Bertz CT molecular complexity index is 339. The van der Waals surface area contributed by atoms with Gasteiger partial charge in [0.25, 0.3) is 0 Å². The highest BCUT2D eigenvalue weighted by molar-refractivity contribution is 6.17. The first kappa shape index (κ1) is 14.2. The Balaban J connectivity index is 2.67. The van der Waals surface area contributed by atoms with Gasteiger partial charge in [-0.1, -0.05) is 26.3 Å². The average molecular weight is 257 g/mol. The van der Waals surface area contributed by atoms with Gasteiger partial charge in [-0.25, -0.2) is 0 Å². The van der Waals surface area contributed by atoms with Crippen LogP contribution in [0.3, 0.4) is 0 Å². The highest BCUT2D eigenvalue weighted by Gasteiger charge is 2.07. The van der Waals surface area contributed by atoms with Crippen molar-refractivity contribution in [3.63, 3.8) is 0 Å². The van der Waals surface area contributed by atoms with Crippen LogP contribution in [0.1, 0.15) is 32.3 Å². The maximum atomic E-state index is 5.88. The first-order valence-electron chi connectivity index (χ1n) is 6.06. The van der Waals surface area contributed by atoms with E-state index in [1.807, 2.05) is 18.2 Å². The largest absolute Gasteiger partial charge is 0.497 e. The molecule has 0 radical (unpaired) electrons. The van der Waals surface area contributed by atoms with Crippen molar-refractivity contribution in [3.8, 4) is 11.5 Å². The lowest BCUT2D eigenvalue weighted by atomic mass is 10.1. The standard InChI is InChI=1S/C14H21ClO2/c1-4-5-11(2)10-17-14-8-13(16-3)7-6-12(14)9-15/h6-8,11H,4-5,9-10H2,1-3H3. The molecule has 0 N–H and O–H groups in total. The van der Waals surface area contributed by atoms with Gasteiger partial charge in [-0.15, -0.1) is 11.6 Å². The first-order valence-corrected chi connectivity index (χ1v) is 6.60. The molecule has 0 aromatic heterocycles. The van der Waals surface area contributed by atoms with Gasteiger partial charge in [0.15, 0.2) is 0 Å². The third kappa shape index (κ3) is 4.47. The molecule has 0 spiro atoms. The van der Waals surface area contributed by atoms with Gasteiger partial charge >= 0.3 is 0 Å². The second kappa shape index (κ2) is 7.44. The van der Waals surface area contributed by atoms with Crippen LogP contribution >= 0.6 is 11.6 Å². The van der Waals surface area contributed by atoms with Gasteiger partial charge in [-0.2, -0.15) is 0 Å². The van der Waals surface area contributed by atoms with Crippen molar-refractivity contribution in [2.45, 2.75) is 32.6 Å². The van der Waals surface area contributed by atoms with E-state index in [9.17, 15) is 0 Å². The fourth-order valence-corrected chi connectivity index (χ4v) is 1.94. The van der Waals surface area contributed by atoms with Crippen LogP contribution in [0, 0.1) is 5.92 Å². The number of halogens is 1. The summed E-state index contributed by atoms with van der Waals surface area (Å²) in [5, 5.41) is 0. The lowest BCUT2D eigenvalue weighted by Gasteiger charge is -2.15. The van der Waals surface area contributed by atoms with Crippen molar-refractivity contribution in [1.29, 1.82) is 0 Å². The molecule has 0 heterocycles. The van der Waals surface area contributed by atoms with Crippen molar-refractivity contribution >= 4 is 11.6 Å². The van der Waals surface area contributed by atoms with E-state index < -0.39 is 0 Å². The molecular weight excluding hydrogens is 236 g/mol. The Morgan fingerprint density at radius 2 is 2.12 bits per heavy atom. The summed E-state index contributed by atoms with van der Waals surface area (Å²) in [5.41, 5.74) is 1.01. The predicted molar refractivity (Wildman–Crippen MR) is 72.1 cm³/mol. The van der Waals surface area contributed by atoms with Gasteiger partial charge in [0.05, 0.1) is 19.6 Å². The van der Waals surface area contributed by atoms with E-state index >= 15 is 0 Å². The Kier molecular flexibility index (Phi) is 6.20. The van der Waals surface area contributed by atoms with Crippen LogP contribution in [0.25, 0.3) is 0 Å². The fraction of sp³-hybridized carbons (Fsp3) is 0.571. The maximum absolute atomic E-state index is 5.88. The highest BCUT2D eigenvalue weighted by Crippen LogP contribution is 2.26. The molecule has 0 saturated heterocycles. The molecule has 1 aromatic carbocycles. The molecule has 2 nitrogen and oxygen atoms in total. The topological polar surface area (TPSA) is 18.5 Å². The van der Waals surface area contributed by atoms with Crippen LogP contribution in [0.5, 0.6) is 11.5 Å². The van der Waals surface area contributed by atoms with E-state index in [1.54, 1.807) is 7.11 Å². The fourth-order valence-electron chi connectivity index (χ4n) is 1.71. The number of ether oxygens (including phenoxy) is 2. The third-order valence-electron chi connectivity index (χ3n) is 2.72. The smallest absolute Gasteiger partial charge is 0.127 e. The average Bonchev–Trinajstić information content (AvgIpc) is 2.36. The van der Waals surface area contributed by atoms with Gasteiger partial charge in [0, 0.05) is 11.6 Å². The normalized spacial score (nSPS) is 12.2. The van der Waals surface area contributed by atoms with E-state index in [0.29, 0.717) is 11.8 Å². The molecule has 1 rings (SSSR count). The van der Waals surface area contributed by atoms with E-state index in [0.717, 1.165) is 23.7 Å². The van der Waals surface area contributed by atoms with E-state index in [1.165, 1.54) is 12.8 Å². The Morgan fingerprint density at radius 3 is 2.71 bits per heavy atom. The Hall–Kier alpha value is -0.890. The molecule has 0 aliphatic heterocycles. The van der Waals surface area contributed by atoms with Gasteiger partial charge in [0.2, 0.25) is 0 Å². The summed E-state index contributed by atoms with van der Waals surface area (Å²) in [6.07, 6.45) is 2.37. The lowest BCUT2D eigenvalue weighted by molar-refractivity contribution is 0.249. The van der Waals surface area contributed by atoms with Gasteiger partial charge < -0.3 is 9.47 Å². The minimum Gasteiger partial charge on any atom is -0.497 e. The van der Waals surface area contributed by atoms with E-state index in [2.05, 4.69) is 13.8 Å². The monoisotopic (exact) mass is 256 g/mol. The first-order chi connectivity index (χ1) is 8.21. The zero-order valence-corrected chi connectivity index (χ0v) is 11.6. The molecule has 0 aliphatic carbocycles. The van der Waals surface area contributed by atoms with Gasteiger partial charge in [-0.3, -0.25) is 0 Å². The number of benzene rings is 1. The zero-order chi connectivity index (χ0) is 12.7.